The monoisotopic (exact) mass is 242 g/mol. The van der Waals surface area contributed by atoms with Crippen molar-refractivity contribution in [2.24, 2.45) is 0 Å². The fraction of sp³-hybridized carbons (Fsp3) is 0.455. The van der Waals surface area contributed by atoms with Crippen LogP contribution in [0.15, 0.2) is 18.2 Å². The molecule has 0 saturated carbocycles. The first-order valence-corrected chi connectivity index (χ1v) is 5.20. The van der Waals surface area contributed by atoms with Crippen molar-refractivity contribution in [1.82, 2.24) is 4.90 Å². The highest BCUT2D eigenvalue weighted by atomic mass is 19.1. The van der Waals surface area contributed by atoms with E-state index >= 15 is 0 Å². The van der Waals surface area contributed by atoms with Gasteiger partial charge in [0.2, 0.25) is 5.82 Å². The Kier molecular flexibility index (Phi) is 4.53. The number of nitro benzene ring substituents is 1. The molecule has 1 unspecified atom stereocenters. The van der Waals surface area contributed by atoms with Crippen LogP contribution in [-0.4, -0.2) is 34.6 Å². The topological polar surface area (TPSA) is 66.6 Å². The van der Waals surface area contributed by atoms with Crippen LogP contribution in [0.5, 0.6) is 0 Å². The van der Waals surface area contributed by atoms with Crippen LogP contribution >= 0.6 is 0 Å². The van der Waals surface area contributed by atoms with Crippen LogP contribution in [0.2, 0.25) is 0 Å². The standard InChI is InChI=1S/C11H15FN2O3/c1-8(7-15)13(2)6-9-4-3-5-10(11(9)12)14(16)17/h3-5,8,15H,6-7H2,1-2H3. The fourth-order valence-corrected chi connectivity index (χ4v) is 1.39. The van der Waals surface area contributed by atoms with Crippen molar-refractivity contribution >= 4 is 5.69 Å². The molecule has 1 rings (SSSR count). The highest BCUT2D eigenvalue weighted by Gasteiger charge is 2.19. The highest BCUT2D eigenvalue weighted by molar-refractivity contribution is 5.36. The lowest BCUT2D eigenvalue weighted by Crippen LogP contribution is -2.31. The summed E-state index contributed by atoms with van der Waals surface area (Å²) in [6.45, 7) is 1.96. The van der Waals surface area contributed by atoms with E-state index in [2.05, 4.69) is 0 Å². The molecule has 0 heterocycles. The molecule has 5 nitrogen and oxygen atoms in total. The zero-order chi connectivity index (χ0) is 13.0. The third kappa shape index (κ3) is 3.21. The Morgan fingerprint density at radius 2 is 2.24 bits per heavy atom. The van der Waals surface area contributed by atoms with Gasteiger partial charge in [-0.2, -0.15) is 4.39 Å². The number of hydrogen-bond donors (Lipinski definition) is 1. The van der Waals surface area contributed by atoms with E-state index in [1.165, 1.54) is 12.1 Å². The quantitative estimate of drug-likeness (QED) is 0.628. The SMILES string of the molecule is CC(CO)N(C)Cc1cccc([N+](=O)[O-])c1F. The van der Waals surface area contributed by atoms with Gasteiger partial charge in [-0.3, -0.25) is 15.0 Å². The van der Waals surface area contributed by atoms with Gasteiger partial charge < -0.3 is 5.11 Å². The minimum atomic E-state index is -0.811. The van der Waals surface area contributed by atoms with E-state index < -0.39 is 16.4 Å². The average molecular weight is 242 g/mol. The van der Waals surface area contributed by atoms with Gasteiger partial charge in [0.05, 0.1) is 11.5 Å². The second-order valence-electron chi connectivity index (χ2n) is 3.95. The van der Waals surface area contributed by atoms with Gasteiger partial charge in [0.1, 0.15) is 0 Å². The summed E-state index contributed by atoms with van der Waals surface area (Å²) < 4.78 is 13.7. The van der Waals surface area contributed by atoms with Crippen molar-refractivity contribution in [3.05, 3.63) is 39.7 Å². The van der Waals surface area contributed by atoms with E-state index in [0.29, 0.717) is 0 Å². The third-order valence-corrected chi connectivity index (χ3v) is 2.69. The van der Waals surface area contributed by atoms with Crippen molar-refractivity contribution < 1.29 is 14.4 Å². The predicted molar refractivity (Wildman–Crippen MR) is 61.1 cm³/mol. The number of hydrogen-bond acceptors (Lipinski definition) is 4. The van der Waals surface area contributed by atoms with E-state index in [-0.39, 0.29) is 24.8 Å². The maximum absolute atomic E-state index is 13.7. The summed E-state index contributed by atoms with van der Waals surface area (Å²) in [7, 11) is 1.72. The van der Waals surface area contributed by atoms with Crippen molar-refractivity contribution in [2.75, 3.05) is 13.7 Å². The lowest BCUT2D eigenvalue weighted by Gasteiger charge is -2.22. The maximum Gasteiger partial charge on any atom is 0.305 e. The minimum absolute atomic E-state index is 0.0486. The molecule has 0 bridgehead atoms. The first kappa shape index (κ1) is 13.5. The average Bonchev–Trinajstić information content (AvgIpc) is 2.30. The summed E-state index contributed by atoms with van der Waals surface area (Å²) in [5, 5.41) is 19.5. The summed E-state index contributed by atoms with van der Waals surface area (Å²) in [6.07, 6.45) is 0. The lowest BCUT2D eigenvalue weighted by molar-refractivity contribution is -0.387. The van der Waals surface area contributed by atoms with E-state index in [4.69, 9.17) is 5.11 Å². The number of nitro groups is 1. The molecule has 17 heavy (non-hydrogen) atoms. The summed E-state index contributed by atoms with van der Waals surface area (Å²) in [5.74, 6) is -0.811. The van der Waals surface area contributed by atoms with Crippen molar-refractivity contribution in [3.63, 3.8) is 0 Å². The molecule has 1 aromatic carbocycles. The normalized spacial score (nSPS) is 12.8. The highest BCUT2D eigenvalue weighted by Crippen LogP contribution is 2.21. The van der Waals surface area contributed by atoms with Gasteiger partial charge in [-0.05, 0) is 14.0 Å². The fourth-order valence-electron chi connectivity index (χ4n) is 1.39. The first-order chi connectivity index (χ1) is 7.97. The van der Waals surface area contributed by atoms with Crippen LogP contribution in [0, 0.1) is 15.9 Å². The second kappa shape index (κ2) is 5.70. The molecule has 0 aliphatic rings. The molecule has 0 aliphatic heterocycles. The van der Waals surface area contributed by atoms with Crippen LogP contribution in [0.3, 0.4) is 0 Å². The van der Waals surface area contributed by atoms with Crippen LogP contribution < -0.4 is 0 Å². The number of rotatable bonds is 5. The van der Waals surface area contributed by atoms with Crippen molar-refractivity contribution in [3.8, 4) is 0 Å². The molecular formula is C11H15FN2O3. The lowest BCUT2D eigenvalue weighted by atomic mass is 10.1. The van der Waals surface area contributed by atoms with Gasteiger partial charge in [0, 0.05) is 24.2 Å². The Morgan fingerprint density at radius 1 is 1.59 bits per heavy atom. The van der Waals surface area contributed by atoms with E-state index in [0.717, 1.165) is 6.07 Å². The molecule has 0 spiro atoms. The Labute approximate surface area is 98.6 Å². The zero-order valence-corrected chi connectivity index (χ0v) is 9.76. The Balaban J connectivity index is 2.92. The summed E-state index contributed by atoms with van der Waals surface area (Å²) >= 11 is 0. The van der Waals surface area contributed by atoms with Crippen molar-refractivity contribution in [1.29, 1.82) is 0 Å². The first-order valence-electron chi connectivity index (χ1n) is 5.20. The van der Waals surface area contributed by atoms with Gasteiger partial charge >= 0.3 is 5.69 Å². The maximum atomic E-state index is 13.7. The van der Waals surface area contributed by atoms with E-state index in [1.54, 1.807) is 18.9 Å². The number of aliphatic hydroxyl groups excluding tert-OH is 1. The predicted octanol–water partition coefficient (Wildman–Crippen LogP) is 1.55. The van der Waals surface area contributed by atoms with Gasteiger partial charge in [0.15, 0.2) is 0 Å². The summed E-state index contributed by atoms with van der Waals surface area (Å²) in [5.41, 5.74) is -0.269. The molecule has 0 saturated heterocycles. The molecular weight excluding hydrogens is 227 g/mol. The van der Waals surface area contributed by atoms with Gasteiger partial charge in [-0.25, -0.2) is 0 Å². The zero-order valence-electron chi connectivity index (χ0n) is 9.76. The van der Waals surface area contributed by atoms with Gasteiger partial charge in [-0.1, -0.05) is 12.1 Å². The molecule has 6 heteroatoms. The van der Waals surface area contributed by atoms with Crippen LogP contribution in [0.1, 0.15) is 12.5 Å². The summed E-state index contributed by atoms with van der Waals surface area (Å²) in [6, 6.07) is 3.96. The molecule has 0 amide bonds. The molecule has 94 valence electrons. The van der Waals surface area contributed by atoms with Crippen LogP contribution in [0.4, 0.5) is 10.1 Å². The Hall–Kier alpha value is -1.53. The number of benzene rings is 1. The number of halogens is 1. The van der Waals surface area contributed by atoms with E-state index in [1.807, 2.05) is 0 Å². The summed E-state index contributed by atoms with van der Waals surface area (Å²) in [4.78, 5) is 11.5. The second-order valence-corrected chi connectivity index (χ2v) is 3.95. The number of likely N-dealkylation sites (N-methyl/N-ethyl adjacent to an activating group) is 1. The number of aliphatic hydroxyl groups is 1. The molecule has 0 fully saturated rings. The molecule has 0 radical (unpaired) electrons. The third-order valence-electron chi connectivity index (χ3n) is 2.69. The molecule has 1 N–H and O–H groups in total. The largest absolute Gasteiger partial charge is 0.395 e. The molecule has 0 aliphatic carbocycles. The smallest absolute Gasteiger partial charge is 0.305 e. The Bertz CT molecular complexity index is 412. The molecule has 1 aromatic rings. The van der Waals surface area contributed by atoms with Crippen molar-refractivity contribution in [2.45, 2.75) is 19.5 Å². The number of nitrogens with zero attached hydrogens (tertiary/aromatic N) is 2. The van der Waals surface area contributed by atoms with Crippen LogP contribution in [0.25, 0.3) is 0 Å². The van der Waals surface area contributed by atoms with Crippen LogP contribution in [-0.2, 0) is 6.54 Å². The molecule has 0 aromatic heterocycles. The Morgan fingerprint density at radius 3 is 2.76 bits per heavy atom. The minimum Gasteiger partial charge on any atom is -0.395 e. The van der Waals surface area contributed by atoms with Gasteiger partial charge in [-0.15, -0.1) is 0 Å². The van der Waals surface area contributed by atoms with Gasteiger partial charge in [0.25, 0.3) is 0 Å². The molecule has 1 atom stereocenters. The van der Waals surface area contributed by atoms with E-state index in [9.17, 15) is 14.5 Å².